The molecule has 1 aliphatic rings. The Labute approximate surface area is 109 Å². The molecule has 1 unspecified atom stereocenters. The molecule has 0 saturated carbocycles. The zero-order valence-corrected chi connectivity index (χ0v) is 12.0. The van der Waals surface area contributed by atoms with Crippen molar-refractivity contribution in [2.75, 3.05) is 27.2 Å². The standard InChI is InChI=1S/C13H24N2O3/c1-13(2,3)15-8-6-7-14(4)12(17)10(15)9-11(16)18-5/h10H,6-9H2,1-5H3. The molecule has 5 nitrogen and oxygen atoms in total. The molecule has 0 aromatic heterocycles. The summed E-state index contributed by atoms with van der Waals surface area (Å²) >= 11 is 0. The van der Waals surface area contributed by atoms with Crippen molar-refractivity contribution in [1.29, 1.82) is 0 Å². The first kappa shape index (κ1) is 15.0. The number of likely N-dealkylation sites (N-methyl/N-ethyl adjacent to an activating group) is 1. The monoisotopic (exact) mass is 256 g/mol. The largest absolute Gasteiger partial charge is 0.469 e. The molecule has 1 aliphatic heterocycles. The van der Waals surface area contributed by atoms with E-state index in [4.69, 9.17) is 4.74 Å². The van der Waals surface area contributed by atoms with E-state index >= 15 is 0 Å². The van der Waals surface area contributed by atoms with Crippen LogP contribution < -0.4 is 0 Å². The second-order valence-electron chi connectivity index (χ2n) is 5.77. The Morgan fingerprint density at radius 2 is 2.00 bits per heavy atom. The number of amides is 1. The van der Waals surface area contributed by atoms with Crippen LogP contribution in [0.2, 0.25) is 0 Å². The van der Waals surface area contributed by atoms with Gasteiger partial charge in [0.1, 0.15) is 6.04 Å². The maximum absolute atomic E-state index is 12.3. The molecule has 1 saturated heterocycles. The lowest BCUT2D eigenvalue weighted by molar-refractivity contribution is -0.148. The van der Waals surface area contributed by atoms with Gasteiger partial charge in [0.15, 0.2) is 0 Å². The quantitative estimate of drug-likeness (QED) is 0.688. The van der Waals surface area contributed by atoms with E-state index < -0.39 is 6.04 Å². The van der Waals surface area contributed by atoms with Crippen LogP contribution in [0.5, 0.6) is 0 Å². The fourth-order valence-electron chi connectivity index (χ4n) is 2.37. The predicted octanol–water partition coefficient (Wildman–Crippen LogP) is 0.881. The van der Waals surface area contributed by atoms with Crippen LogP contribution in [0, 0.1) is 0 Å². The lowest BCUT2D eigenvalue weighted by Crippen LogP contribution is -2.53. The first-order chi connectivity index (χ1) is 8.27. The van der Waals surface area contributed by atoms with Crippen LogP contribution in [0.1, 0.15) is 33.6 Å². The second kappa shape index (κ2) is 5.69. The molecule has 0 aromatic carbocycles. The first-order valence-corrected chi connectivity index (χ1v) is 6.36. The van der Waals surface area contributed by atoms with Crippen molar-refractivity contribution in [3.8, 4) is 0 Å². The van der Waals surface area contributed by atoms with E-state index in [1.807, 2.05) is 0 Å². The molecule has 0 N–H and O–H groups in total. The van der Waals surface area contributed by atoms with Gasteiger partial charge in [-0.2, -0.15) is 0 Å². The molecule has 5 heteroatoms. The molecule has 1 heterocycles. The Hall–Kier alpha value is -1.10. The van der Waals surface area contributed by atoms with Crippen LogP contribution in [0.4, 0.5) is 0 Å². The van der Waals surface area contributed by atoms with E-state index in [-0.39, 0.29) is 23.8 Å². The minimum absolute atomic E-state index is 0.00725. The number of carbonyl (C=O) groups is 2. The summed E-state index contributed by atoms with van der Waals surface area (Å²) < 4.78 is 4.70. The molecule has 0 aliphatic carbocycles. The highest BCUT2D eigenvalue weighted by Crippen LogP contribution is 2.23. The van der Waals surface area contributed by atoms with Crippen LogP contribution in [0.3, 0.4) is 0 Å². The molecule has 1 fully saturated rings. The summed E-state index contributed by atoms with van der Waals surface area (Å²) in [6.07, 6.45) is 1.05. The summed E-state index contributed by atoms with van der Waals surface area (Å²) in [7, 11) is 3.15. The van der Waals surface area contributed by atoms with Crippen molar-refractivity contribution < 1.29 is 14.3 Å². The van der Waals surface area contributed by atoms with E-state index in [1.165, 1.54) is 7.11 Å². The van der Waals surface area contributed by atoms with Crippen LogP contribution >= 0.6 is 0 Å². The molecule has 1 rings (SSSR count). The summed E-state index contributed by atoms with van der Waals surface area (Å²) in [5, 5.41) is 0. The van der Waals surface area contributed by atoms with Crippen molar-refractivity contribution in [1.82, 2.24) is 9.80 Å². The summed E-state index contributed by atoms with van der Waals surface area (Å²) in [4.78, 5) is 27.6. The fraction of sp³-hybridized carbons (Fsp3) is 0.846. The topological polar surface area (TPSA) is 49.9 Å². The van der Waals surface area contributed by atoms with E-state index in [9.17, 15) is 9.59 Å². The Kier molecular flexibility index (Phi) is 4.73. The van der Waals surface area contributed by atoms with Crippen molar-refractivity contribution >= 4 is 11.9 Å². The van der Waals surface area contributed by atoms with E-state index in [2.05, 4.69) is 25.7 Å². The maximum atomic E-state index is 12.3. The highest BCUT2D eigenvalue weighted by molar-refractivity contribution is 5.86. The number of rotatable bonds is 2. The van der Waals surface area contributed by atoms with Crippen LogP contribution in [0.25, 0.3) is 0 Å². The minimum atomic E-state index is -0.412. The van der Waals surface area contributed by atoms with Gasteiger partial charge in [0.25, 0.3) is 0 Å². The third kappa shape index (κ3) is 3.45. The van der Waals surface area contributed by atoms with Gasteiger partial charge in [-0.05, 0) is 27.2 Å². The number of hydrogen-bond donors (Lipinski definition) is 0. The van der Waals surface area contributed by atoms with Gasteiger partial charge in [0, 0.05) is 25.7 Å². The zero-order chi connectivity index (χ0) is 13.9. The first-order valence-electron chi connectivity index (χ1n) is 6.36. The Bertz CT molecular complexity index is 323. The molecule has 0 aromatic rings. The van der Waals surface area contributed by atoms with Gasteiger partial charge < -0.3 is 9.64 Å². The zero-order valence-electron chi connectivity index (χ0n) is 12.0. The van der Waals surface area contributed by atoms with Crippen molar-refractivity contribution in [2.24, 2.45) is 0 Å². The van der Waals surface area contributed by atoms with Gasteiger partial charge in [-0.3, -0.25) is 14.5 Å². The van der Waals surface area contributed by atoms with Gasteiger partial charge in [-0.1, -0.05) is 0 Å². The van der Waals surface area contributed by atoms with Crippen molar-refractivity contribution in [3.05, 3.63) is 0 Å². The average Bonchev–Trinajstić information content (AvgIpc) is 2.41. The summed E-state index contributed by atoms with van der Waals surface area (Å²) in [6.45, 7) is 7.76. The molecule has 1 atom stereocenters. The highest BCUT2D eigenvalue weighted by Gasteiger charge is 2.38. The average molecular weight is 256 g/mol. The highest BCUT2D eigenvalue weighted by atomic mass is 16.5. The molecule has 0 bridgehead atoms. The second-order valence-corrected chi connectivity index (χ2v) is 5.77. The molecule has 104 valence electrons. The van der Waals surface area contributed by atoms with Crippen LogP contribution in [-0.4, -0.2) is 60.5 Å². The van der Waals surface area contributed by atoms with E-state index in [0.29, 0.717) is 0 Å². The smallest absolute Gasteiger partial charge is 0.307 e. The lowest BCUT2D eigenvalue weighted by Gasteiger charge is -2.39. The minimum Gasteiger partial charge on any atom is -0.469 e. The SMILES string of the molecule is COC(=O)CC1C(=O)N(C)CCCN1C(C)(C)C. The number of hydrogen-bond acceptors (Lipinski definition) is 4. The predicted molar refractivity (Wildman–Crippen MR) is 69.1 cm³/mol. The van der Waals surface area contributed by atoms with Crippen molar-refractivity contribution in [3.63, 3.8) is 0 Å². The Morgan fingerprint density at radius 1 is 1.39 bits per heavy atom. The number of nitrogens with zero attached hydrogens (tertiary/aromatic N) is 2. The van der Waals surface area contributed by atoms with E-state index in [1.54, 1.807) is 11.9 Å². The third-order valence-corrected chi connectivity index (χ3v) is 3.38. The fourth-order valence-corrected chi connectivity index (χ4v) is 2.37. The number of esters is 1. The van der Waals surface area contributed by atoms with E-state index in [0.717, 1.165) is 19.5 Å². The third-order valence-electron chi connectivity index (χ3n) is 3.38. The Morgan fingerprint density at radius 3 is 2.50 bits per heavy atom. The van der Waals surface area contributed by atoms with Gasteiger partial charge in [-0.25, -0.2) is 0 Å². The molecule has 18 heavy (non-hydrogen) atoms. The molecule has 1 amide bonds. The van der Waals surface area contributed by atoms with Gasteiger partial charge >= 0.3 is 5.97 Å². The number of ether oxygens (including phenoxy) is 1. The van der Waals surface area contributed by atoms with Gasteiger partial charge in [0.05, 0.1) is 13.5 Å². The lowest BCUT2D eigenvalue weighted by atomic mass is 10.0. The molecular formula is C13H24N2O3. The summed E-state index contributed by atoms with van der Waals surface area (Å²) in [5.74, 6) is -0.328. The van der Waals surface area contributed by atoms with Crippen LogP contribution in [-0.2, 0) is 14.3 Å². The van der Waals surface area contributed by atoms with Gasteiger partial charge in [-0.15, -0.1) is 0 Å². The molecular weight excluding hydrogens is 232 g/mol. The number of methoxy groups -OCH3 is 1. The normalized spacial score (nSPS) is 22.8. The Balaban J connectivity index is 2.97. The van der Waals surface area contributed by atoms with Crippen molar-refractivity contribution in [2.45, 2.75) is 45.2 Å². The number of carbonyl (C=O) groups excluding carboxylic acids is 2. The van der Waals surface area contributed by atoms with Crippen LogP contribution in [0.15, 0.2) is 0 Å². The molecule has 0 spiro atoms. The summed E-state index contributed by atoms with van der Waals surface area (Å²) in [6, 6.07) is -0.412. The maximum Gasteiger partial charge on any atom is 0.307 e. The summed E-state index contributed by atoms with van der Waals surface area (Å²) in [5.41, 5.74) is -0.139. The molecule has 0 radical (unpaired) electrons. The van der Waals surface area contributed by atoms with Gasteiger partial charge in [0.2, 0.25) is 5.91 Å².